The summed E-state index contributed by atoms with van der Waals surface area (Å²) in [6.45, 7) is 7.70. The van der Waals surface area contributed by atoms with Crippen molar-refractivity contribution in [2.24, 2.45) is 0 Å². The van der Waals surface area contributed by atoms with E-state index in [1.807, 2.05) is 30.5 Å². The zero-order valence-electron chi connectivity index (χ0n) is 14.3. The van der Waals surface area contributed by atoms with Gasteiger partial charge in [0.2, 0.25) is 10.0 Å². The highest BCUT2D eigenvalue weighted by Gasteiger charge is 2.24. The molecule has 1 heterocycles. The summed E-state index contributed by atoms with van der Waals surface area (Å²) in [5, 5.41) is 9.76. The molecule has 0 fully saturated rings. The Morgan fingerprint density at radius 3 is 2.48 bits per heavy atom. The largest absolute Gasteiger partial charge is 0.390 e. The first-order valence-electron chi connectivity index (χ1n) is 7.68. The maximum Gasteiger partial charge on any atom is 0.216 e. The van der Waals surface area contributed by atoms with Crippen LogP contribution in [0.3, 0.4) is 0 Å². The summed E-state index contributed by atoms with van der Waals surface area (Å²) in [6.07, 6.45) is 0.886. The van der Waals surface area contributed by atoms with Gasteiger partial charge in [-0.25, -0.2) is 17.7 Å². The van der Waals surface area contributed by atoms with Crippen molar-refractivity contribution in [2.75, 3.05) is 13.6 Å². The van der Waals surface area contributed by atoms with Crippen molar-refractivity contribution in [2.45, 2.75) is 45.6 Å². The van der Waals surface area contributed by atoms with Crippen molar-refractivity contribution >= 4 is 21.1 Å². The van der Waals surface area contributed by atoms with Crippen LogP contribution < -0.4 is 0 Å². The maximum absolute atomic E-state index is 12.1. The molecule has 2 aromatic rings. The Balaban J connectivity index is 2.15. The van der Waals surface area contributed by atoms with Crippen LogP contribution in [0.25, 0.3) is 11.0 Å². The number of aliphatic hydroxyl groups is 1. The summed E-state index contributed by atoms with van der Waals surface area (Å²) in [6, 6.07) is 4.06. The monoisotopic (exact) mass is 339 g/mol. The molecule has 128 valence electrons. The van der Waals surface area contributed by atoms with E-state index < -0.39 is 21.4 Å². The fourth-order valence-electron chi connectivity index (χ4n) is 2.50. The zero-order valence-corrected chi connectivity index (χ0v) is 15.1. The summed E-state index contributed by atoms with van der Waals surface area (Å²) in [4.78, 5) is 4.35. The van der Waals surface area contributed by atoms with Gasteiger partial charge in [-0.3, -0.25) is 0 Å². The third kappa shape index (κ3) is 3.73. The highest BCUT2D eigenvalue weighted by atomic mass is 32.2. The number of aromatic nitrogens is 2. The lowest BCUT2D eigenvalue weighted by atomic mass is 10.1. The average Bonchev–Trinajstić information content (AvgIpc) is 2.81. The predicted molar refractivity (Wildman–Crippen MR) is 91.9 cm³/mol. The van der Waals surface area contributed by atoms with Crippen LogP contribution in [-0.4, -0.2) is 52.3 Å². The molecular weight excluding hydrogens is 314 g/mol. The van der Waals surface area contributed by atoms with Gasteiger partial charge in [-0.15, -0.1) is 0 Å². The SMILES string of the molecule is Cc1cc2ncn(C[C@H](O)CN(C)S(=O)(=O)C(C)C)c2cc1C. The number of hydrogen-bond acceptors (Lipinski definition) is 4. The van der Waals surface area contributed by atoms with Gasteiger partial charge < -0.3 is 9.67 Å². The van der Waals surface area contributed by atoms with Crippen molar-refractivity contribution in [1.82, 2.24) is 13.9 Å². The number of fused-ring (bicyclic) bond motifs is 1. The molecule has 0 bridgehead atoms. The molecule has 0 radical (unpaired) electrons. The number of aryl methyl sites for hydroxylation is 2. The van der Waals surface area contributed by atoms with Crippen LogP contribution in [0.5, 0.6) is 0 Å². The number of hydrogen-bond donors (Lipinski definition) is 1. The lowest BCUT2D eigenvalue weighted by Crippen LogP contribution is -2.39. The van der Waals surface area contributed by atoms with Crippen LogP contribution in [-0.2, 0) is 16.6 Å². The number of nitrogens with zero attached hydrogens (tertiary/aromatic N) is 3. The summed E-state index contributed by atoms with van der Waals surface area (Å²) in [5.74, 6) is 0. The maximum atomic E-state index is 12.1. The Hall–Kier alpha value is -1.44. The molecule has 0 aliphatic carbocycles. The second-order valence-electron chi connectivity index (χ2n) is 6.35. The number of imidazole rings is 1. The van der Waals surface area contributed by atoms with Gasteiger partial charge in [-0.2, -0.15) is 0 Å². The molecule has 6 nitrogen and oxygen atoms in total. The van der Waals surface area contributed by atoms with E-state index in [9.17, 15) is 13.5 Å². The van der Waals surface area contributed by atoms with Gasteiger partial charge in [0.25, 0.3) is 0 Å². The Bertz CT molecular complexity index is 796. The normalized spacial score (nSPS) is 14.1. The predicted octanol–water partition coefficient (Wildman–Crippen LogP) is 1.68. The van der Waals surface area contributed by atoms with E-state index in [1.54, 1.807) is 20.2 Å². The van der Waals surface area contributed by atoms with E-state index in [1.165, 1.54) is 16.9 Å². The minimum absolute atomic E-state index is 0.0605. The highest BCUT2D eigenvalue weighted by molar-refractivity contribution is 7.89. The number of aliphatic hydroxyl groups excluding tert-OH is 1. The summed E-state index contributed by atoms with van der Waals surface area (Å²) >= 11 is 0. The molecule has 0 unspecified atom stereocenters. The van der Waals surface area contributed by atoms with E-state index in [2.05, 4.69) is 4.98 Å². The molecule has 23 heavy (non-hydrogen) atoms. The first-order chi connectivity index (χ1) is 10.6. The van der Waals surface area contributed by atoms with Crippen molar-refractivity contribution < 1.29 is 13.5 Å². The molecule has 1 atom stereocenters. The second-order valence-corrected chi connectivity index (χ2v) is 8.95. The van der Waals surface area contributed by atoms with E-state index >= 15 is 0 Å². The van der Waals surface area contributed by atoms with Crippen LogP contribution in [0.15, 0.2) is 18.5 Å². The fourth-order valence-corrected chi connectivity index (χ4v) is 3.60. The standard InChI is InChI=1S/C16H25N3O3S/c1-11(2)23(21,22)18(5)8-14(20)9-19-10-17-15-6-12(3)13(4)7-16(15)19/h6-7,10-11,14,20H,8-9H2,1-5H3/t14-/m1/s1. The van der Waals surface area contributed by atoms with Gasteiger partial charge in [0.15, 0.2) is 0 Å². The molecule has 0 aliphatic rings. The van der Waals surface area contributed by atoms with E-state index in [0.717, 1.165) is 16.6 Å². The average molecular weight is 339 g/mol. The van der Waals surface area contributed by atoms with Gasteiger partial charge in [-0.1, -0.05) is 0 Å². The van der Waals surface area contributed by atoms with Crippen LogP contribution in [0.1, 0.15) is 25.0 Å². The molecule has 1 N–H and O–H groups in total. The zero-order chi connectivity index (χ0) is 17.4. The van der Waals surface area contributed by atoms with E-state index in [0.29, 0.717) is 6.54 Å². The smallest absolute Gasteiger partial charge is 0.216 e. The van der Waals surface area contributed by atoms with Crippen LogP contribution >= 0.6 is 0 Å². The highest BCUT2D eigenvalue weighted by Crippen LogP contribution is 2.19. The van der Waals surface area contributed by atoms with Gasteiger partial charge in [0, 0.05) is 13.6 Å². The van der Waals surface area contributed by atoms with Crippen LogP contribution in [0.2, 0.25) is 0 Å². The molecule has 0 saturated heterocycles. The van der Waals surface area contributed by atoms with Crippen molar-refractivity contribution in [1.29, 1.82) is 0 Å². The lowest BCUT2D eigenvalue weighted by Gasteiger charge is -2.22. The fraction of sp³-hybridized carbons (Fsp3) is 0.562. The van der Waals surface area contributed by atoms with Crippen LogP contribution in [0, 0.1) is 13.8 Å². The summed E-state index contributed by atoms with van der Waals surface area (Å²) < 4.78 is 27.2. The van der Waals surface area contributed by atoms with E-state index in [4.69, 9.17) is 0 Å². The Kier molecular flexibility index (Phi) is 5.13. The molecule has 0 amide bonds. The molecule has 2 rings (SSSR count). The summed E-state index contributed by atoms with van der Waals surface area (Å²) in [5.41, 5.74) is 4.16. The lowest BCUT2D eigenvalue weighted by molar-refractivity contribution is 0.135. The minimum atomic E-state index is -3.36. The molecule has 0 spiro atoms. The van der Waals surface area contributed by atoms with Gasteiger partial charge in [0.1, 0.15) is 0 Å². The first kappa shape index (κ1) is 17.9. The minimum Gasteiger partial charge on any atom is -0.390 e. The van der Waals surface area contributed by atoms with Gasteiger partial charge >= 0.3 is 0 Å². The van der Waals surface area contributed by atoms with Gasteiger partial charge in [0.05, 0.1) is 35.3 Å². The topological polar surface area (TPSA) is 75.4 Å². The Labute approximate surface area is 137 Å². The van der Waals surface area contributed by atoms with Crippen LogP contribution in [0.4, 0.5) is 0 Å². The number of likely N-dealkylation sites (N-methyl/N-ethyl adjacent to an activating group) is 1. The molecule has 1 aromatic heterocycles. The summed E-state index contributed by atoms with van der Waals surface area (Å²) in [7, 11) is -1.86. The number of benzene rings is 1. The molecule has 0 saturated carbocycles. The molecule has 0 aliphatic heterocycles. The Morgan fingerprint density at radius 1 is 1.26 bits per heavy atom. The number of sulfonamides is 1. The Morgan fingerprint density at radius 2 is 1.87 bits per heavy atom. The molecule has 7 heteroatoms. The van der Waals surface area contributed by atoms with Crippen molar-refractivity contribution in [3.8, 4) is 0 Å². The molecular formula is C16H25N3O3S. The van der Waals surface area contributed by atoms with Gasteiger partial charge in [-0.05, 0) is 51.0 Å². The van der Waals surface area contributed by atoms with Crippen molar-refractivity contribution in [3.05, 3.63) is 29.6 Å². The first-order valence-corrected chi connectivity index (χ1v) is 9.18. The molecule has 1 aromatic carbocycles. The third-order valence-corrected chi connectivity index (χ3v) is 6.35. The van der Waals surface area contributed by atoms with E-state index in [-0.39, 0.29) is 6.54 Å². The van der Waals surface area contributed by atoms with Crippen molar-refractivity contribution in [3.63, 3.8) is 0 Å². The quantitative estimate of drug-likeness (QED) is 0.869. The second kappa shape index (κ2) is 6.59. The third-order valence-electron chi connectivity index (χ3n) is 4.14. The number of rotatable bonds is 6.